The van der Waals surface area contributed by atoms with Gasteiger partial charge in [0.15, 0.2) is 5.11 Å². The molecule has 1 aliphatic heterocycles. The Morgan fingerprint density at radius 3 is 1.85 bits per heavy atom. The summed E-state index contributed by atoms with van der Waals surface area (Å²) >= 11 is 5.37. The van der Waals surface area contributed by atoms with Crippen LogP contribution in [0.5, 0.6) is 0 Å². The number of benzene rings is 4. The van der Waals surface area contributed by atoms with E-state index in [9.17, 15) is 9.59 Å². The first kappa shape index (κ1) is 28.0. The highest BCUT2D eigenvalue weighted by Gasteiger charge is 2.29. The van der Waals surface area contributed by atoms with E-state index < -0.39 is 0 Å². The zero-order valence-electron chi connectivity index (χ0n) is 22.6. The van der Waals surface area contributed by atoms with Gasteiger partial charge in [0, 0.05) is 32.3 Å². The Morgan fingerprint density at radius 1 is 0.707 bits per heavy atom. The topological polar surface area (TPSA) is 64.7 Å². The molecule has 0 atom stereocenters. The van der Waals surface area contributed by atoms with Crippen LogP contribution in [0.3, 0.4) is 0 Å². The highest BCUT2D eigenvalue weighted by molar-refractivity contribution is 7.80. The van der Waals surface area contributed by atoms with Gasteiger partial charge in [0.2, 0.25) is 5.91 Å². The van der Waals surface area contributed by atoms with Gasteiger partial charge < -0.3 is 10.2 Å². The maximum atomic E-state index is 13.6. The molecule has 0 radical (unpaired) electrons. The van der Waals surface area contributed by atoms with E-state index in [0.29, 0.717) is 24.3 Å². The average Bonchev–Trinajstić information content (AvgIpc) is 3.02. The number of nitrogens with zero attached hydrogens (tertiary/aromatic N) is 2. The van der Waals surface area contributed by atoms with E-state index in [1.54, 1.807) is 18.2 Å². The fourth-order valence-corrected chi connectivity index (χ4v) is 5.27. The second-order valence-corrected chi connectivity index (χ2v) is 10.2. The molecule has 41 heavy (non-hydrogen) atoms. The minimum Gasteiger partial charge on any atom is -0.336 e. The molecule has 4 aromatic rings. The van der Waals surface area contributed by atoms with Crippen molar-refractivity contribution in [2.45, 2.75) is 6.04 Å². The Balaban J connectivity index is 1.22. The zero-order valence-corrected chi connectivity index (χ0v) is 23.5. The molecular weight excluding hydrogens is 528 g/mol. The lowest BCUT2D eigenvalue weighted by Crippen LogP contribution is -2.50. The summed E-state index contributed by atoms with van der Waals surface area (Å²) in [7, 11) is 0. The molecule has 2 amide bonds. The third kappa shape index (κ3) is 7.33. The predicted molar refractivity (Wildman–Crippen MR) is 168 cm³/mol. The standard InChI is InChI=1S/C34H32N4O2S/c39-31(21-20-26-12-4-1-5-13-26)36-34(41)35-30-19-11-10-18-29(30)33(40)38-24-22-37(23-25-38)32(27-14-6-2-7-15-27)28-16-8-3-9-17-28/h1-21,32H,22-25H2,(H2,35,36,39,41). The molecule has 4 aromatic carbocycles. The molecule has 2 N–H and O–H groups in total. The van der Waals surface area contributed by atoms with Crippen LogP contribution in [-0.2, 0) is 4.79 Å². The number of para-hydroxylation sites is 1. The van der Waals surface area contributed by atoms with E-state index >= 15 is 0 Å². The van der Waals surface area contributed by atoms with Gasteiger partial charge in [-0.15, -0.1) is 0 Å². The summed E-state index contributed by atoms with van der Waals surface area (Å²) in [5, 5.41) is 5.82. The van der Waals surface area contributed by atoms with Crippen molar-refractivity contribution in [3.8, 4) is 0 Å². The monoisotopic (exact) mass is 560 g/mol. The van der Waals surface area contributed by atoms with E-state index in [4.69, 9.17) is 12.2 Å². The number of nitrogens with one attached hydrogen (secondary N) is 2. The van der Waals surface area contributed by atoms with Gasteiger partial charge in [0.25, 0.3) is 5.91 Å². The van der Waals surface area contributed by atoms with Gasteiger partial charge in [-0.2, -0.15) is 0 Å². The van der Waals surface area contributed by atoms with Crippen LogP contribution in [0.15, 0.2) is 121 Å². The van der Waals surface area contributed by atoms with Crippen LogP contribution >= 0.6 is 12.2 Å². The number of hydrogen-bond donors (Lipinski definition) is 2. The Labute approximate surface area is 246 Å². The lowest BCUT2D eigenvalue weighted by molar-refractivity contribution is -0.115. The number of amides is 2. The van der Waals surface area contributed by atoms with Gasteiger partial charge in [-0.05, 0) is 47.1 Å². The molecule has 0 spiro atoms. The molecule has 0 unspecified atom stereocenters. The average molecular weight is 561 g/mol. The second kappa shape index (κ2) is 13.7. The summed E-state index contributed by atoms with van der Waals surface area (Å²) in [5.41, 5.74) is 4.46. The summed E-state index contributed by atoms with van der Waals surface area (Å²) in [6.07, 6.45) is 3.15. The van der Waals surface area contributed by atoms with Crippen LogP contribution in [0.2, 0.25) is 0 Å². The van der Waals surface area contributed by atoms with Crippen LogP contribution in [0.1, 0.15) is 33.1 Å². The third-order valence-electron chi connectivity index (χ3n) is 7.07. The summed E-state index contributed by atoms with van der Waals surface area (Å²) in [6.45, 7) is 2.71. The van der Waals surface area contributed by atoms with Gasteiger partial charge in [-0.3, -0.25) is 19.8 Å². The summed E-state index contributed by atoms with van der Waals surface area (Å²) in [4.78, 5) is 30.3. The van der Waals surface area contributed by atoms with Crippen LogP contribution in [-0.4, -0.2) is 52.9 Å². The van der Waals surface area contributed by atoms with Crippen molar-refractivity contribution < 1.29 is 9.59 Å². The van der Waals surface area contributed by atoms with E-state index in [0.717, 1.165) is 18.7 Å². The Hall–Kier alpha value is -4.59. The molecule has 1 fully saturated rings. The first-order chi connectivity index (χ1) is 20.1. The van der Waals surface area contributed by atoms with Crippen molar-refractivity contribution >= 4 is 40.9 Å². The highest BCUT2D eigenvalue weighted by atomic mass is 32.1. The van der Waals surface area contributed by atoms with Crippen LogP contribution < -0.4 is 10.6 Å². The lowest BCUT2D eigenvalue weighted by Gasteiger charge is -2.40. The van der Waals surface area contributed by atoms with Crippen molar-refractivity contribution in [1.82, 2.24) is 15.1 Å². The molecule has 0 aliphatic carbocycles. The molecule has 206 valence electrons. The Kier molecular flexibility index (Phi) is 9.31. The van der Waals surface area contributed by atoms with Crippen LogP contribution in [0, 0.1) is 0 Å². The maximum Gasteiger partial charge on any atom is 0.256 e. The summed E-state index contributed by atoms with van der Waals surface area (Å²) in [6, 6.07) is 37.9. The molecule has 1 saturated heterocycles. The van der Waals surface area contributed by atoms with Gasteiger partial charge in [0.1, 0.15) is 0 Å². The quantitative estimate of drug-likeness (QED) is 0.222. The van der Waals surface area contributed by atoms with E-state index in [-0.39, 0.29) is 23.0 Å². The summed E-state index contributed by atoms with van der Waals surface area (Å²) in [5.74, 6) is -0.417. The van der Waals surface area contributed by atoms with Crippen LogP contribution in [0.4, 0.5) is 5.69 Å². The predicted octanol–water partition coefficient (Wildman–Crippen LogP) is 5.76. The molecule has 5 rings (SSSR count). The SMILES string of the molecule is O=C(C=Cc1ccccc1)NC(=S)Nc1ccccc1C(=O)N1CCN(C(c2ccccc2)c2ccccc2)CC1. The number of carbonyl (C=O) groups excluding carboxylic acids is 2. The molecule has 1 aliphatic rings. The zero-order chi connectivity index (χ0) is 28.4. The van der Waals surface area contributed by atoms with Crippen molar-refractivity contribution in [2.75, 3.05) is 31.5 Å². The van der Waals surface area contributed by atoms with E-state index in [1.165, 1.54) is 17.2 Å². The Morgan fingerprint density at radius 2 is 1.24 bits per heavy atom. The van der Waals surface area contributed by atoms with Gasteiger partial charge >= 0.3 is 0 Å². The molecule has 7 heteroatoms. The van der Waals surface area contributed by atoms with Gasteiger partial charge in [-0.1, -0.05) is 103 Å². The third-order valence-corrected chi connectivity index (χ3v) is 7.27. The maximum absolute atomic E-state index is 13.6. The van der Waals surface area contributed by atoms with Crippen LogP contribution in [0.25, 0.3) is 6.08 Å². The number of piperazine rings is 1. The molecule has 0 bridgehead atoms. The largest absolute Gasteiger partial charge is 0.336 e. The minimum atomic E-state index is -0.349. The number of rotatable bonds is 7. The van der Waals surface area contributed by atoms with Gasteiger partial charge in [0.05, 0.1) is 17.3 Å². The fourth-order valence-electron chi connectivity index (χ4n) is 5.06. The van der Waals surface area contributed by atoms with Crippen molar-refractivity contribution in [3.63, 3.8) is 0 Å². The number of thiocarbonyl (C=S) groups is 1. The first-order valence-corrected chi connectivity index (χ1v) is 14.1. The molecule has 0 saturated carbocycles. The lowest BCUT2D eigenvalue weighted by atomic mass is 9.96. The smallest absolute Gasteiger partial charge is 0.256 e. The van der Waals surface area contributed by atoms with E-state index in [1.807, 2.05) is 59.5 Å². The highest BCUT2D eigenvalue weighted by Crippen LogP contribution is 2.30. The summed E-state index contributed by atoms with van der Waals surface area (Å²) < 4.78 is 0. The van der Waals surface area contributed by atoms with Crippen molar-refractivity contribution in [1.29, 1.82) is 0 Å². The number of carbonyl (C=O) groups is 2. The van der Waals surface area contributed by atoms with E-state index in [2.05, 4.69) is 64.1 Å². The molecular formula is C34H32N4O2S. The molecule has 6 nitrogen and oxygen atoms in total. The first-order valence-electron chi connectivity index (χ1n) is 13.7. The number of hydrogen-bond acceptors (Lipinski definition) is 4. The second-order valence-electron chi connectivity index (χ2n) is 9.79. The van der Waals surface area contributed by atoms with Gasteiger partial charge in [-0.25, -0.2) is 0 Å². The normalized spacial score (nSPS) is 13.7. The van der Waals surface area contributed by atoms with Crippen molar-refractivity contribution in [2.24, 2.45) is 0 Å². The Bertz CT molecular complexity index is 1460. The molecule has 1 heterocycles. The fraction of sp³-hybridized carbons (Fsp3) is 0.147. The molecule has 0 aromatic heterocycles. The number of anilines is 1. The van der Waals surface area contributed by atoms with Crippen molar-refractivity contribution in [3.05, 3.63) is 144 Å². The minimum absolute atomic E-state index is 0.0678.